The summed E-state index contributed by atoms with van der Waals surface area (Å²) in [7, 11) is 1.27. The molecule has 0 aliphatic carbocycles. The van der Waals surface area contributed by atoms with E-state index in [-0.39, 0.29) is 0 Å². The van der Waals surface area contributed by atoms with Gasteiger partial charge < -0.3 is 14.9 Å². The Bertz CT molecular complexity index is 245. The summed E-state index contributed by atoms with van der Waals surface area (Å²) >= 11 is 0. The van der Waals surface area contributed by atoms with Crippen LogP contribution in [0.2, 0.25) is 0 Å². The monoisotopic (exact) mass is 219 g/mol. The summed E-state index contributed by atoms with van der Waals surface area (Å²) in [5.74, 6) is -1.27. The molecule has 6 heteroatoms. The van der Waals surface area contributed by atoms with Crippen molar-refractivity contribution < 1.29 is 24.5 Å². The number of aliphatic carboxylic acids is 1. The zero-order valence-electron chi connectivity index (χ0n) is 9.35. The van der Waals surface area contributed by atoms with Crippen molar-refractivity contribution in [3.8, 4) is 0 Å². The van der Waals surface area contributed by atoms with Gasteiger partial charge in [-0.05, 0) is 20.8 Å². The lowest BCUT2D eigenvalue weighted by Crippen LogP contribution is -2.46. The molecule has 0 spiro atoms. The van der Waals surface area contributed by atoms with Gasteiger partial charge in [-0.3, -0.25) is 4.90 Å². The molecule has 0 fully saturated rings. The van der Waals surface area contributed by atoms with Crippen molar-refractivity contribution in [3.63, 3.8) is 0 Å². The maximum atomic E-state index is 11.4. The van der Waals surface area contributed by atoms with Gasteiger partial charge in [-0.2, -0.15) is 0 Å². The number of amides is 1. The van der Waals surface area contributed by atoms with Crippen LogP contribution in [0.1, 0.15) is 20.8 Å². The number of likely N-dealkylation sites (N-methyl/N-ethyl adjacent to an activating group) is 1. The highest BCUT2D eigenvalue weighted by molar-refractivity contribution is 5.80. The lowest BCUT2D eigenvalue weighted by molar-refractivity contribution is -0.144. The Morgan fingerprint density at radius 1 is 1.40 bits per heavy atom. The highest BCUT2D eigenvalue weighted by Gasteiger charge is 2.29. The lowest BCUT2D eigenvalue weighted by Gasteiger charge is -2.27. The molecule has 0 heterocycles. The SMILES string of the molecule is CN(C(=O)OC(C)(C)C)[C@@H](CO)C(=O)O. The van der Waals surface area contributed by atoms with Crippen LogP contribution >= 0.6 is 0 Å². The number of nitrogens with zero attached hydrogens (tertiary/aromatic N) is 1. The Morgan fingerprint density at radius 2 is 1.87 bits per heavy atom. The number of ether oxygens (including phenoxy) is 1. The number of carboxylic acids is 1. The van der Waals surface area contributed by atoms with E-state index < -0.39 is 30.3 Å². The topological polar surface area (TPSA) is 87.1 Å². The summed E-state index contributed by atoms with van der Waals surface area (Å²) in [5, 5.41) is 17.5. The zero-order valence-corrected chi connectivity index (χ0v) is 9.35. The van der Waals surface area contributed by atoms with Gasteiger partial charge in [0.15, 0.2) is 6.04 Å². The smallest absolute Gasteiger partial charge is 0.410 e. The van der Waals surface area contributed by atoms with Crippen LogP contribution in [0.15, 0.2) is 0 Å². The van der Waals surface area contributed by atoms with E-state index in [0.717, 1.165) is 4.90 Å². The molecule has 0 saturated carbocycles. The predicted molar refractivity (Wildman–Crippen MR) is 52.5 cm³/mol. The van der Waals surface area contributed by atoms with Crippen molar-refractivity contribution in [2.75, 3.05) is 13.7 Å². The maximum Gasteiger partial charge on any atom is 0.410 e. The fraction of sp³-hybridized carbons (Fsp3) is 0.778. The van der Waals surface area contributed by atoms with Crippen molar-refractivity contribution >= 4 is 12.1 Å². The second kappa shape index (κ2) is 4.97. The maximum absolute atomic E-state index is 11.4. The molecule has 0 rings (SSSR count). The van der Waals surface area contributed by atoms with Gasteiger partial charge in [0.25, 0.3) is 0 Å². The van der Waals surface area contributed by atoms with Crippen molar-refractivity contribution in [1.29, 1.82) is 0 Å². The molecular weight excluding hydrogens is 202 g/mol. The summed E-state index contributed by atoms with van der Waals surface area (Å²) in [6, 6.07) is -1.28. The molecule has 0 aromatic heterocycles. The molecule has 0 aromatic rings. The third-order valence-electron chi connectivity index (χ3n) is 1.61. The van der Waals surface area contributed by atoms with Gasteiger partial charge in [0, 0.05) is 7.05 Å². The van der Waals surface area contributed by atoms with Gasteiger partial charge in [-0.1, -0.05) is 0 Å². The van der Waals surface area contributed by atoms with E-state index in [9.17, 15) is 9.59 Å². The van der Waals surface area contributed by atoms with Crippen LogP contribution in [-0.2, 0) is 9.53 Å². The minimum atomic E-state index is -1.28. The van der Waals surface area contributed by atoms with E-state index in [1.165, 1.54) is 7.05 Å². The minimum absolute atomic E-state index is 0.648. The molecule has 0 aromatic carbocycles. The number of rotatable bonds is 3. The van der Waals surface area contributed by atoms with Crippen LogP contribution in [0.5, 0.6) is 0 Å². The second-order valence-corrected chi connectivity index (χ2v) is 4.13. The molecule has 0 aliphatic heterocycles. The van der Waals surface area contributed by atoms with Crippen LogP contribution in [-0.4, -0.2) is 52.5 Å². The molecule has 1 amide bonds. The average Bonchev–Trinajstić information content (AvgIpc) is 2.01. The number of hydrogen-bond donors (Lipinski definition) is 2. The average molecular weight is 219 g/mol. The van der Waals surface area contributed by atoms with Crippen LogP contribution in [0, 0.1) is 0 Å². The van der Waals surface area contributed by atoms with Gasteiger partial charge in [-0.15, -0.1) is 0 Å². The first-order valence-electron chi connectivity index (χ1n) is 4.48. The first kappa shape index (κ1) is 13.7. The Labute approximate surface area is 88.4 Å². The van der Waals surface area contributed by atoms with Gasteiger partial charge in [0.05, 0.1) is 6.61 Å². The fourth-order valence-electron chi connectivity index (χ4n) is 0.827. The third-order valence-corrected chi connectivity index (χ3v) is 1.61. The van der Waals surface area contributed by atoms with Gasteiger partial charge in [-0.25, -0.2) is 9.59 Å². The molecule has 88 valence electrons. The summed E-state index contributed by atoms with van der Waals surface area (Å²) in [6.45, 7) is 4.37. The van der Waals surface area contributed by atoms with Gasteiger partial charge in [0.2, 0.25) is 0 Å². The number of carbonyl (C=O) groups excluding carboxylic acids is 1. The Kier molecular flexibility index (Phi) is 4.54. The normalized spacial score (nSPS) is 13.1. The van der Waals surface area contributed by atoms with Crippen LogP contribution in [0.4, 0.5) is 4.79 Å². The van der Waals surface area contributed by atoms with Crippen LogP contribution in [0.25, 0.3) is 0 Å². The van der Waals surface area contributed by atoms with Gasteiger partial charge >= 0.3 is 12.1 Å². The first-order chi connectivity index (χ1) is 6.69. The summed E-state index contributed by atoms with van der Waals surface area (Å²) in [6.07, 6.45) is -0.774. The lowest BCUT2D eigenvalue weighted by atomic mass is 10.2. The number of carbonyl (C=O) groups is 2. The molecule has 2 N–H and O–H groups in total. The molecule has 0 radical (unpaired) electrons. The number of hydrogen-bond acceptors (Lipinski definition) is 4. The minimum Gasteiger partial charge on any atom is -0.480 e. The van der Waals surface area contributed by atoms with Crippen molar-refractivity contribution in [1.82, 2.24) is 4.90 Å². The largest absolute Gasteiger partial charge is 0.480 e. The first-order valence-corrected chi connectivity index (χ1v) is 4.48. The second-order valence-electron chi connectivity index (χ2n) is 4.13. The molecule has 0 saturated heterocycles. The predicted octanol–water partition coefficient (Wildman–Crippen LogP) is 0.299. The van der Waals surface area contributed by atoms with Crippen LogP contribution in [0.3, 0.4) is 0 Å². The quantitative estimate of drug-likeness (QED) is 0.712. The number of aliphatic hydroxyl groups excluding tert-OH is 1. The molecule has 0 bridgehead atoms. The molecule has 15 heavy (non-hydrogen) atoms. The Hall–Kier alpha value is -1.30. The van der Waals surface area contributed by atoms with Crippen molar-refractivity contribution in [2.24, 2.45) is 0 Å². The van der Waals surface area contributed by atoms with Crippen molar-refractivity contribution in [3.05, 3.63) is 0 Å². The highest BCUT2D eigenvalue weighted by atomic mass is 16.6. The summed E-state index contributed by atoms with van der Waals surface area (Å²) in [5.41, 5.74) is -0.691. The zero-order chi connectivity index (χ0) is 12.2. The van der Waals surface area contributed by atoms with E-state index in [1.807, 2.05) is 0 Å². The van der Waals surface area contributed by atoms with E-state index in [0.29, 0.717) is 0 Å². The standard InChI is InChI=1S/C9H17NO5/c1-9(2,3)15-8(14)10(4)6(5-11)7(12)13/h6,11H,5H2,1-4H3,(H,12,13)/t6-/m0/s1. The van der Waals surface area contributed by atoms with Gasteiger partial charge in [0.1, 0.15) is 5.60 Å². The molecular formula is C9H17NO5. The highest BCUT2D eigenvalue weighted by Crippen LogP contribution is 2.10. The summed E-state index contributed by atoms with van der Waals surface area (Å²) < 4.78 is 4.94. The molecule has 0 unspecified atom stereocenters. The summed E-state index contributed by atoms with van der Waals surface area (Å²) in [4.78, 5) is 22.9. The van der Waals surface area contributed by atoms with E-state index in [1.54, 1.807) is 20.8 Å². The van der Waals surface area contributed by atoms with Crippen LogP contribution < -0.4 is 0 Å². The van der Waals surface area contributed by atoms with Crippen molar-refractivity contribution in [2.45, 2.75) is 32.4 Å². The number of carboxylic acid groups (broad SMARTS) is 1. The third kappa shape index (κ3) is 4.64. The number of aliphatic hydroxyl groups is 1. The van der Waals surface area contributed by atoms with E-state index >= 15 is 0 Å². The molecule has 6 nitrogen and oxygen atoms in total. The molecule has 1 atom stereocenters. The molecule has 0 aliphatic rings. The fourth-order valence-corrected chi connectivity index (χ4v) is 0.827. The Balaban J connectivity index is 4.49. The van der Waals surface area contributed by atoms with E-state index in [4.69, 9.17) is 14.9 Å². The van der Waals surface area contributed by atoms with E-state index in [2.05, 4.69) is 0 Å². The Morgan fingerprint density at radius 3 is 2.13 bits per heavy atom.